The van der Waals surface area contributed by atoms with E-state index in [-0.39, 0.29) is 6.15 Å². The van der Waals surface area contributed by atoms with Crippen molar-refractivity contribution in [2.45, 2.75) is 87.1 Å². The Bertz CT molecular complexity index is 325. The van der Waals surface area contributed by atoms with Crippen LogP contribution in [0.1, 0.15) is 81.6 Å². The highest BCUT2D eigenvalue weighted by molar-refractivity contribution is 8.01. The summed E-state index contributed by atoms with van der Waals surface area (Å²) < 4.78 is 0. The summed E-state index contributed by atoms with van der Waals surface area (Å²) in [6.45, 7) is 30.4. The molecule has 0 radical (unpaired) electrons. The molecule has 1 saturated heterocycles. The molecule has 0 spiro atoms. The molecule has 0 unspecified atom stereocenters. The first-order chi connectivity index (χ1) is 13.2. The van der Waals surface area contributed by atoms with Crippen molar-refractivity contribution >= 4 is 11.8 Å². The van der Waals surface area contributed by atoms with Crippen LogP contribution in [0.25, 0.3) is 0 Å². The van der Waals surface area contributed by atoms with E-state index < -0.39 is 0 Å². The summed E-state index contributed by atoms with van der Waals surface area (Å²) in [6, 6.07) is 0. The quantitative estimate of drug-likeness (QED) is 0.404. The number of hydrogen-bond donors (Lipinski definition) is 2. The van der Waals surface area contributed by atoms with Gasteiger partial charge in [-0.05, 0) is 70.3 Å². The predicted molar refractivity (Wildman–Crippen MR) is 141 cm³/mol. The second-order valence-corrected chi connectivity index (χ2v) is 9.08. The van der Waals surface area contributed by atoms with Gasteiger partial charge in [0.2, 0.25) is 0 Å². The maximum Gasteiger partial charge on any atom is 0.0154 e. The van der Waals surface area contributed by atoms with Gasteiger partial charge in [0.15, 0.2) is 0 Å². The lowest BCUT2D eigenvalue weighted by Crippen LogP contribution is -2.53. The van der Waals surface area contributed by atoms with Crippen LogP contribution in [0.3, 0.4) is 0 Å². The fraction of sp³-hybridized carbons (Fsp3) is 0.917. The molecule has 1 aliphatic rings. The number of nitrogens with one attached hydrogen (secondary N) is 1. The molecular weight excluding hydrogens is 376 g/mol. The van der Waals surface area contributed by atoms with E-state index in [4.69, 9.17) is 0 Å². The predicted octanol–water partition coefficient (Wildman–Crippen LogP) is 6.53. The average Bonchev–Trinajstić information content (AvgIpc) is 2.70. The zero-order chi connectivity index (χ0) is 22.6. The first-order valence-electron chi connectivity index (χ1n) is 11.5. The van der Waals surface area contributed by atoms with Crippen LogP contribution in [0.2, 0.25) is 0 Å². The van der Waals surface area contributed by atoms with Crippen LogP contribution in [0.4, 0.5) is 0 Å². The van der Waals surface area contributed by atoms with Crippen LogP contribution in [-0.4, -0.2) is 67.9 Å². The van der Waals surface area contributed by atoms with Crippen LogP contribution < -0.4 is 11.5 Å². The molecule has 1 aliphatic heterocycles. The summed E-state index contributed by atoms with van der Waals surface area (Å²) in [7, 11) is 2.23. The third-order valence-electron chi connectivity index (χ3n) is 5.17. The maximum atomic E-state index is 3.45. The van der Waals surface area contributed by atoms with Gasteiger partial charge in [0, 0.05) is 31.7 Å². The van der Waals surface area contributed by atoms with Gasteiger partial charge in [-0.2, -0.15) is 0 Å². The monoisotopic (exact) mass is 434 g/mol. The SMILES string of the molecule is C=CSC.CC.CC.CCNCCC(C)(C)CCC(C)(C)N1CCN(C)CC1.N. The summed E-state index contributed by atoms with van der Waals surface area (Å²) >= 11 is 1.62. The normalized spacial score (nSPS) is 14.7. The molecule has 0 aromatic heterocycles. The Hall–Kier alpha value is -0.0700. The second-order valence-electron chi connectivity index (χ2n) is 8.27. The molecule has 4 nitrogen and oxygen atoms in total. The number of rotatable bonds is 9. The van der Waals surface area contributed by atoms with Crippen LogP contribution in [-0.2, 0) is 0 Å². The standard InChI is InChI=1S/C17H37N3.C3H6S.2C2H6.H3N/c1-7-18-11-10-16(2,3)8-9-17(4,5)20-14-12-19(6)13-15-20;1-3-4-2;2*1-2;/h18H,7-15H2,1-6H3;3H,1H2,2H3;2*1-2H3;1H3. The molecule has 1 rings (SSSR count). The first-order valence-corrected chi connectivity index (χ1v) is 12.8. The average molecular weight is 435 g/mol. The first kappa shape index (κ1) is 36.3. The second kappa shape index (κ2) is 22.6. The minimum absolute atomic E-state index is 0. The fourth-order valence-electron chi connectivity index (χ4n) is 2.94. The summed E-state index contributed by atoms with van der Waals surface area (Å²) in [5, 5.41) is 5.25. The molecule has 0 aliphatic carbocycles. The Morgan fingerprint density at radius 2 is 1.38 bits per heavy atom. The number of hydrogen-bond acceptors (Lipinski definition) is 5. The van der Waals surface area contributed by atoms with Crippen molar-refractivity contribution < 1.29 is 0 Å². The Balaban J connectivity index is -0.000000302. The minimum atomic E-state index is 0. The van der Waals surface area contributed by atoms with E-state index in [9.17, 15) is 0 Å². The van der Waals surface area contributed by atoms with E-state index in [2.05, 4.69) is 63.4 Å². The van der Waals surface area contributed by atoms with Gasteiger partial charge in [-0.15, -0.1) is 11.8 Å². The summed E-state index contributed by atoms with van der Waals surface area (Å²) in [5.41, 5.74) is 0.794. The molecule has 0 amide bonds. The highest BCUT2D eigenvalue weighted by Crippen LogP contribution is 2.32. The van der Waals surface area contributed by atoms with Crippen molar-refractivity contribution in [2.24, 2.45) is 5.41 Å². The van der Waals surface area contributed by atoms with Gasteiger partial charge in [-0.3, -0.25) is 4.90 Å². The van der Waals surface area contributed by atoms with Crippen LogP contribution >= 0.6 is 11.8 Å². The lowest BCUT2D eigenvalue weighted by molar-refractivity contribution is 0.0477. The van der Waals surface area contributed by atoms with Crippen molar-refractivity contribution in [2.75, 3.05) is 52.6 Å². The summed E-state index contributed by atoms with van der Waals surface area (Å²) in [4.78, 5) is 5.13. The highest BCUT2D eigenvalue weighted by atomic mass is 32.2. The molecule has 1 heterocycles. The van der Waals surface area contributed by atoms with E-state index in [0.29, 0.717) is 11.0 Å². The Labute approximate surface area is 190 Å². The molecule has 0 saturated carbocycles. The van der Waals surface area contributed by atoms with Crippen molar-refractivity contribution in [3.8, 4) is 0 Å². The van der Waals surface area contributed by atoms with E-state index >= 15 is 0 Å². The van der Waals surface area contributed by atoms with Crippen molar-refractivity contribution in [1.82, 2.24) is 21.3 Å². The van der Waals surface area contributed by atoms with Crippen LogP contribution in [0, 0.1) is 5.41 Å². The van der Waals surface area contributed by atoms with Gasteiger partial charge in [0.05, 0.1) is 0 Å². The maximum absolute atomic E-state index is 3.45. The van der Waals surface area contributed by atoms with Crippen molar-refractivity contribution in [3.63, 3.8) is 0 Å². The summed E-state index contributed by atoms with van der Waals surface area (Å²) in [6.07, 6.45) is 5.88. The lowest BCUT2D eigenvalue weighted by Gasteiger charge is -2.44. The van der Waals surface area contributed by atoms with Crippen molar-refractivity contribution in [1.29, 1.82) is 0 Å². The summed E-state index contributed by atoms with van der Waals surface area (Å²) in [5.74, 6) is 0. The molecule has 29 heavy (non-hydrogen) atoms. The Morgan fingerprint density at radius 3 is 1.76 bits per heavy atom. The molecule has 0 atom stereocenters. The Kier molecular flexibility index (Phi) is 28.3. The number of thioether (sulfide) groups is 1. The highest BCUT2D eigenvalue weighted by Gasteiger charge is 2.31. The molecule has 180 valence electrons. The van der Waals surface area contributed by atoms with E-state index in [1.807, 2.05) is 34.0 Å². The largest absolute Gasteiger partial charge is 0.344 e. The van der Waals surface area contributed by atoms with Gasteiger partial charge < -0.3 is 16.4 Å². The van der Waals surface area contributed by atoms with Crippen LogP contribution in [0.15, 0.2) is 12.0 Å². The lowest BCUT2D eigenvalue weighted by atomic mass is 9.80. The smallest absolute Gasteiger partial charge is 0.0154 e. The minimum Gasteiger partial charge on any atom is -0.344 e. The molecule has 1 fully saturated rings. The van der Waals surface area contributed by atoms with Gasteiger partial charge in [-0.1, -0.05) is 55.0 Å². The van der Waals surface area contributed by atoms with Gasteiger partial charge in [0.1, 0.15) is 0 Å². The number of nitrogens with zero attached hydrogens (tertiary/aromatic N) is 2. The topological polar surface area (TPSA) is 53.5 Å². The molecule has 0 aromatic carbocycles. The number of piperazine rings is 1. The van der Waals surface area contributed by atoms with Gasteiger partial charge in [0.25, 0.3) is 0 Å². The third-order valence-corrected chi connectivity index (χ3v) is 5.50. The number of likely N-dealkylation sites (N-methyl/N-ethyl adjacent to an activating group) is 1. The molecular formula is C24H58N4S. The molecule has 0 bridgehead atoms. The fourth-order valence-corrected chi connectivity index (χ4v) is 2.94. The van der Waals surface area contributed by atoms with E-state index in [1.54, 1.807) is 17.2 Å². The molecule has 5 heteroatoms. The zero-order valence-electron chi connectivity index (χ0n) is 22.2. The zero-order valence-corrected chi connectivity index (χ0v) is 23.0. The van der Waals surface area contributed by atoms with E-state index in [0.717, 1.165) is 13.1 Å². The van der Waals surface area contributed by atoms with Gasteiger partial charge in [-0.25, -0.2) is 0 Å². The van der Waals surface area contributed by atoms with E-state index in [1.165, 1.54) is 45.4 Å². The van der Waals surface area contributed by atoms with Gasteiger partial charge >= 0.3 is 0 Å². The van der Waals surface area contributed by atoms with Crippen molar-refractivity contribution in [3.05, 3.63) is 12.0 Å². The van der Waals surface area contributed by atoms with Crippen LogP contribution in [0.5, 0.6) is 0 Å². The third kappa shape index (κ3) is 21.0. The molecule has 4 N–H and O–H groups in total. The molecule has 0 aromatic rings. The Morgan fingerprint density at radius 1 is 0.931 bits per heavy atom.